The molecule has 1 amide bonds. The first kappa shape index (κ1) is 9.58. The predicted molar refractivity (Wildman–Crippen MR) is 50.6 cm³/mol. The fourth-order valence-electron chi connectivity index (χ4n) is 1.18. The molecule has 0 heterocycles. The van der Waals surface area contributed by atoms with Crippen LogP contribution < -0.4 is 10.5 Å². The summed E-state index contributed by atoms with van der Waals surface area (Å²) in [6.07, 6.45) is 0. The molecule has 0 aliphatic carbocycles. The monoisotopic (exact) mass is 179 g/mol. The van der Waals surface area contributed by atoms with Gasteiger partial charge in [-0.15, -0.1) is 0 Å². The molecule has 0 aliphatic heterocycles. The zero-order chi connectivity index (χ0) is 9.84. The van der Waals surface area contributed by atoms with Crippen molar-refractivity contribution >= 4 is 5.91 Å². The van der Waals surface area contributed by atoms with Crippen molar-refractivity contribution in [2.45, 2.75) is 12.8 Å². The summed E-state index contributed by atoms with van der Waals surface area (Å²) in [5, 5.41) is 0. The molecule has 1 rings (SSSR count). The van der Waals surface area contributed by atoms with Gasteiger partial charge in [0.2, 0.25) is 5.91 Å². The summed E-state index contributed by atoms with van der Waals surface area (Å²) < 4.78 is 5.11. The van der Waals surface area contributed by atoms with Gasteiger partial charge in [0.05, 0.1) is 13.0 Å². The Balaban J connectivity index is 3.05. The summed E-state index contributed by atoms with van der Waals surface area (Å²) in [5.41, 5.74) is 6.03. The van der Waals surface area contributed by atoms with Gasteiger partial charge >= 0.3 is 0 Å². The van der Waals surface area contributed by atoms with Gasteiger partial charge in [0, 0.05) is 5.56 Å². The molecule has 0 spiro atoms. The zero-order valence-electron chi connectivity index (χ0n) is 7.78. The summed E-state index contributed by atoms with van der Waals surface area (Å²) >= 11 is 0. The summed E-state index contributed by atoms with van der Waals surface area (Å²) in [6.45, 7) is 1.76. The molecule has 3 nitrogen and oxygen atoms in total. The summed E-state index contributed by atoms with van der Waals surface area (Å²) in [5.74, 6) is 0.0504. The van der Waals surface area contributed by atoms with E-state index in [9.17, 15) is 4.79 Å². The van der Waals surface area contributed by atoms with Crippen LogP contribution >= 0.6 is 0 Å². The molecule has 13 heavy (non-hydrogen) atoms. The van der Waals surface area contributed by atoms with Crippen LogP contribution in [0.5, 0.6) is 5.75 Å². The van der Waals surface area contributed by atoms with Crippen LogP contribution in [-0.4, -0.2) is 13.0 Å². The van der Waals surface area contributed by atoms with Gasteiger partial charge in [-0.05, 0) is 13.0 Å². The van der Waals surface area contributed by atoms with Crippen molar-refractivity contribution in [1.29, 1.82) is 0 Å². The van der Waals surface area contributed by atoms with Gasteiger partial charge in [-0.1, -0.05) is 18.2 Å². The number of methoxy groups -OCH3 is 1. The van der Waals surface area contributed by atoms with Crippen LogP contribution in [0.2, 0.25) is 0 Å². The van der Waals surface area contributed by atoms with Crippen molar-refractivity contribution in [2.75, 3.05) is 7.11 Å². The first-order valence-electron chi connectivity index (χ1n) is 4.09. The molecule has 70 valence electrons. The molecule has 0 saturated heterocycles. The summed E-state index contributed by atoms with van der Waals surface area (Å²) in [7, 11) is 1.58. The van der Waals surface area contributed by atoms with Crippen molar-refractivity contribution in [3.05, 3.63) is 29.8 Å². The van der Waals surface area contributed by atoms with Crippen molar-refractivity contribution in [3.63, 3.8) is 0 Å². The third-order valence-corrected chi connectivity index (χ3v) is 2.03. The van der Waals surface area contributed by atoms with Crippen LogP contribution in [0.25, 0.3) is 0 Å². The smallest absolute Gasteiger partial charge is 0.224 e. The van der Waals surface area contributed by atoms with E-state index < -0.39 is 0 Å². The van der Waals surface area contributed by atoms with Crippen LogP contribution in [0.3, 0.4) is 0 Å². The number of nitrogens with two attached hydrogens (primary N) is 1. The second-order valence-corrected chi connectivity index (χ2v) is 2.87. The van der Waals surface area contributed by atoms with E-state index in [0.29, 0.717) is 5.75 Å². The summed E-state index contributed by atoms with van der Waals surface area (Å²) in [4.78, 5) is 10.9. The number of amides is 1. The van der Waals surface area contributed by atoms with Crippen molar-refractivity contribution in [1.82, 2.24) is 0 Å². The largest absolute Gasteiger partial charge is 0.496 e. The maximum atomic E-state index is 10.9. The number of hydrogen-bond donors (Lipinski definition) is 1. The molecular formula is C10H13NO2. The van der Waals surface area contributed by atoms with Gasteiger partial charge in [0.25, 0.3) is 0 Å². The molecule has 0 aromatic heterocycles. The molecule has 2 N–H and O–H groups in total. The molecule has 0 unspecified atom stereocenters. The van der Waals surface area contributed by atoms with E-state index in [2.05, 4.69) is 0 Å². The number of ether oxygens (including phenoxy) is 1. The lowest BCUT2D eigenvalue weighted by Gasteiger charge is -2.11. The fourth-order valence-corrected chi connectivity index (χ4v) is 1.18. The quantitative estimate of drug-likeness (QED) is 0.760. The van der Waals surface area contributed by atoms with Gasteiger partial charge in [-0.3, -0.25) is 4.79 Å². The predicted octanol–water partition coefficient (Wildman–Crippen LogP) is 1.28. The van der Waals surface area contributed by atoms with Crippen LogP contribution in [-0.2, 0) is 4.79 Å². The van der Waals surface area contributed by atoms with Gasteiger partial charge in [0.1, 0.15) is 5.75 Å². The van der Waals surface area contributed by atoms with E-state index >= 15 is 0 Å². The minimum atomic E-state index is -0.343. The average Bonchev–Trinajstić information content (AvgIpc) is 2.16. The highest BCUT2D eigenvalue weighted by Gasteiger charge is 2.15. The van der Waals surface area contributed by atoms with Crippen molar-refractivity contribution in [2.24, 2.45) is 5.73 Å². The SMILES string of the molecule is COc1ccccc1[C@H](C)C(N)=O. The van der Waals surface area contributed by atoms with Crippen LogP contribution in [0, 0.1) is 0 Å². The highest BCUT2D eigenvalue weighted by molar-refractivity contribution is 5.82. The maximum Gasteiger partial charge on any atom is 0.224 e. The molecule has 1 aromatic carbocycles. The minimum Gasteiger partial charge on any atom is -0.496 e. The van der Waals surface area contributed by atoms with Gasteiger partial charge < -0.3 is 10.5 Å². The Morgan fingerprint density at radius 2 is 2.08 bits per heavy atom. The maximum absolute atomic E-state index is 10.9. The average molecular weight is 179 g/mol. The van der Waals surface area contributed by atoms with Crippen molar-refractivity contribution < 1.29 is 9.53 Å². The van der Waals surface area contributed by atoms with Gasteiger partial charge in [-0.25, -0.2) is 0 Å². The topological polar surface area (TPSA) is 52.3 Å². The fraction of sp³-hybridized carbons (Fsp3) is 0.300. The van der Waals surface area contributed by atoms with E-state index in [-0.39, 0.29) is 11.8 Å². The Morgan fingerprint density at radius 1 is 1.46 bits per heavy atom. The van der Waals surface area contributed by atoms with Gasteiger partial charge in [0.15, 0.2) is 0 Å². The first-order chi connectivity index (χ1) is 6.16. The highest BCUT2D eigenvalue weighted by atomic mass is 16.5. The van der Waals surface area contributed by atoms with Crippen LogP contribution in [0.1, 0.15) is 18.4 Å². The van der Waals surface area contributed by atoms with E-state index in [4.69, 9.17) is 10.5 Å². The molecule has 1 aromatic rings. The van der Waals surface area contributed by atoms with E-state index in [1.165, 1.54) is 0 Å². The Labute approximate surface area is 77.5 Å². The third kappa shape index (κ3) is 1.99. The number of para-hydroxylation sites is 1. The number of carbonyl (C=O) groups is 1. The molecule has 0 radical (unpaired) electrons. The summed E-state index contributed by atoms with van der Waals surface area (Å²) in [6, 6.07) is 7.37. The Bertz CT molecular complexity index is 310. The molecule has 0 fully saturated rings. The normalized spacial score (nSPS) is 12.2. The Morgan fingerprint density at radius 3 is 2.62 bits per heavy atom. The first-order valence-corrected chi connectivity index (χ1v) is 4.09. The van der Waals surface area contributed by atoms with E-state index in [1.807, 2.05) is 24.3 Å². The van der Waals surface area contributed by atoms with Crippen molar-refractivity contribution in [3.8, 4) is 5.75 Å². The lowest BCUT2D eigenvalue weighted by atomic mass is 10.00. The molecule has 1 atom stereocenters. The number of carbonyl (C=O) groups excluding carboxylic acids is 1. The lowest BCUT2D eigenvalue weighted by Crippen LogP contribution is -2.19. The lowest BCUT2D eigenvalue weighted by molar-refractivity contribution is -0.119. The minimum absolute atomic E-state index is 0.309. The third-order valence-electron chi connectivity index (χ3n) is 2.03. The number of benzene rings is 1. The highest BCUT2D eigenvalue weighted by Crippen LogP contribution is 2.25. The Kier molecular flexibility index (Phi) is 2.90. The number of primary amides is 1. The van der Waals surface area contributed by atoms with E-state index in [1.54, 1.807) is 14.0 Å². The standard InChI is InChI=1S/C10H13NO2/c1-7(10(11)12)8-5-3-4-6-9(8)13-2/h3-7H,1-2H3,(H2,11,12)/t7-/m0/s1. The molecule has 0 bridgehead atoms. The molecular weight excluding hydrogens is 166 g/mol. The zero-order valence-corrected chi connectivity index (χ0v) is 7.78. The second-order valence-electron chi connectivity index (χ2n) is 2.87. The number of hydrogen-bond acceptors (Lipinski definition) is 2. The molecule has 0 aliphatic rings. The number of rotatable bonds is 3. The second kappa shape index (κ2) is 3.94. The Hall–Kier alpha value is -1.51. The molecule has 0 saturated carbocycles. The van der Waals surface area contributed by atoms with Crippen LogP contribution in [0.4, 0.5) is 0 Å². The van der Waals surface area contributed by atoms with E-state index in [0.717, 1.165) is 5.56 Å². The molecule has 3 heteroatoms. The van der Waals surface area contributed by atoms with Crippen LogP contribution in [0.15, 0.2) is 24.3 Å². The van der Waals surface area contributed by atoms with Gasteiger partial charge in [-0.2, -0.15) is 0 Å².